The van der Waals surface area contributed by atoms with E-state index in [1.165, 1.54) is 36.7 Å². The summed E-state index contributed by atoms with van der Waals surface area (Å²) >= 11 is 0. The van der Waals surface area contributed by atoms with Crippen LogP contribution in [0.25, 0.3) is 11.0 Å². The molecular formula is C23H20FN5O3. The Hall–Kier alpha value is -4.01. The molecule has 32 heavy (non-hydrogen) atoms. The van der Waals surface area contributed by atoms with E-state index < -0.39 is 0 Å². The van der Waals surface area contributed by atoms with Gasteiger partial charge in [-0.3, -0.25) is 19.3 Å². The molecule has 0 radical (unpaired) electrons. The molecule has 2 amide bonds. The van der Waals surface area contributed by atoms with Crippen LogP contribution in [-0.2, 0) is 26.6 Å². The molecule has 0 saturated heterocycles. The quantitative estimate of drug-likeness (QED) is 0.534. The van der Waals surface area contributed by atoms with Gasteiger partial charge in [0.05, 0.1) is 23.9 Å². The van der Waals surface area contributed by atoms with Crippen molar-refractivity contribution >= 4 is 22.8 Å². The molecule has 1 aliphatic rings. The standard InChI is InChI=1S/C23H20FN5O3/c1-28-19-7-10-29(23(31)14-2-4-15(24)5-3-14)13-17(19)18(27-28)12-26-22(30)21-16-8-11-32-20(16)6-9-25-21/h2-6,8-9,11H,7,10,12-13H2,1H3,(H,26,30). The number of nitrogens with one attached hydrogen (secondary N) is 1. The molecule has 0 saturated carbocycles. The lowest BCUT2D eigenvalue weighted by Crippen LogP contribution is -2.36. The molecule has 5 rings (SSSR count). The Morgan fingerprint density at radius 2 is 2.00 bits per heavy atom. The third-order valence-electron chi connectivity index (χ3n) is 5.72. The summed E-state index contributed by atoms with van der Waals surface area (Å²) in [5, 5.41) is 8.09. The van der Waals surface area contributed by atoms with E-state index in [-0.39, 0.29) is 29.9 Å². The molecule has 0 spiro atoms. The Labute approximate surface area is 182 Å². The highest BCUT2D eigenvalue weighted by Gasteiger charge is 2.27. The lowest BCUT2D eigenvalue weighted by Gasteiger charge is -2.28. The summed E-state index contributed by atoms with van der Waals surface area (Å²) in [5.74, 6) is -0.870. The average molecular weight is 433 g/mol. The second kappa shape index (κ2) is 7.92. The van der Waals surface area contributed by atoms with Crippen molar-refractivity contribution in [1.82, 2.24) is 25.0 Å². The molecular weight excluding hydrogens is 413 g/mol. The fourth-order valence-electron chi connectivity index (χ4n) is 4.08. The van der Waals surface area contributed by atoms with Crippen LogP contribution in [-0.4, -0.2) is 38.0 Å². The second-order valence-corrected chi connectivity index (χ2v) is 7.65. The van der Waals surface area contributed by atoms with Crippen LogP contribution in [0.1, 0.15) is 37.8 Å². The smallest absolute Gasteiger partial charge is 0.270 e. The molecule has 1 N–H and O–H groups in total. The van der Waals surface area contributed by atoms with Crippen LogP contribution in [0.3, 0.4) is 0 Å². The first kappa shape index (κ1) is 19.9. The molecule has 1 aliphatic heterocycles. The minimum absolute atomic E-state index is 0.162. The SMILES string of the molecule is Cn1nc(CNC(=O)c2nccc3occc23)c2c1CCN(C(=O)c1ccc(F)cc1)C2. The highest BCUT2D eigenvalue weighted by Crippen LogP contribution is 2.24. The van der Waals surface area contributed by atoms with E-state index in [1.54, 1.807) is 21.7 Å². The summed E-state index contributed by atoms with van der Waals surface area (Å²) < 4.78 is 20.3. The average Bonchev–Trinajstić information content (AvgIpc) is 3.41. The molecule has 0 bridgehead atoms. The fraction of sp³-hybridized carbons (Fsp3) is 0.217. The van der Waals surface area contributed by atoms with Gasteiger partial charge in [0.15, 0.2) is 0 Å². The van der Waals surface area contributed by atoms with Crippen LogP contribution < -0.4 is 5.32 Å². The van der Waals surface area contributed by atoms with Crippen LogP contribution in [0, 0.1) is 5.82 Å². The maximum Gasteiger partial charge on any atom is 0.270 e. The van der Waals surface area contributed by atoms with Gasteiger partial charge >= 0.3 is 0 Å². The minimum atomic E-state index is -0.381. The maximum absolute atomic E-state index is 13.2. The van der Waals surface area contributed by atoms with E-state index in [2.05, 4.69) is 15.4 Å². The molecule has 8 nitrogen and oxygen atoms in total. The summed E-state index contributed by atoms with van der Waals surface area (Å²) in [6.45, 7) is 1.12. The first-order chi connectivity index (χ1) is 15.5. The number of nitrogens with zero attached hydrogens (tertiary/aromatic N) is 4. The van der Waals surface area contributed by atoms with Gasteiger partial charge in [0.2, 0.25) is 0 Å². The number of rotatable bonds is 4. The number of fused-ring (bicyclic) bond motifs is 2. The van der Waals surface area contributed by atoms with E-state index >= 15 is 0 Å². The van der Waals surface area contributed by atoms with Gasteiger partial charge in [-0.15, -0.1) is 0 Å². The van der Waals surface area contributed by atoms with Gasteiger partial charge in [-0.05, 0) is 36.4 Å². The Morgan fingerprint density at radius 1 is 1.19 bits per heavy atom. The largest absolute Gasteiger partial charge is 0.464 e. The lowest BCUT2D eigenvalue weighted by molar-refractivity contribution is 0.0732. The summed E-state index contributed by atoms with van der Waals surface area (Å²) in [6, 6.07) is 8.94. The highest BCUT2D eigenvalue weighted by molar-refractivity contribution is 6.03. The van der Waals surface area contributed by atoms with Crippen molar-refractivity contribution in [2.75, 3.05) is 6.54 Å². The van der Waals surface area contributed by atoms with E-state index in [4.69, 9.17) is 4.42 Å². The second-order valence-electron chi connectivity index (χ2n) is 7.65. The highest BCUT2D eigenvalue weighted by atomic mass is 19.1. The van der Waals surface area contributed by atoms with Crippen molar-refractivity contribution < 1.29 is 18.4 Å². The number of furan rings is 1. The maximum atomic E-state index is 13.2. The monoisotopic (exact) mass is 433 g/mol. The number of amides is 2. The number of aryl methyl sites for hydroxylation is 1. The molecule has 0 atom stereocenters. The summed E-state index contributed by atoms with van der Waals surface area (Å²) in [6.07, 6.45) is 3.70. The van der Waals surface area contributed by atoms with Crippen molar-refractivity contribution in [2.45, 2.75) is 19.5 Å². The molecule has 3 aromatic heterocycles. The number of carbonyl (C=O) groups is 2. The Morgan fingerprint density at radius 3 is 2.81 bits per heavy atom. The minimum Gasteiger partial charge on any atom is -0.464 e. The Kier molecular flexibility index (Phi) is 4.93. The first-order valence-corrected chi connectivity index (χ1v) is 10.2. The van der Waals surface area contributed by atoms with Gasteiger partial charge in [0.25, 0.3) is 11.8 Å². The number of hydrogen-bond acceptors (Lipinski definition) is 5. The van der Waals surface area contributed by atoms with Gasteiger partial charge in [-0.2, -0.15) is 5.10 Å². The number of aromatic nitrogens is 3. The van der Waals surface area contributed by atoms with Crippen LogP contribution in [0.5, 0.6) is 0 Å². The normalized spacial score (nSPS) is 13.2. The number of carbonyl (C=O) groups excluding carboxylic acids is 2. The summed E-state index contributed by atoms with van der Waals surface area (Å²) in [7, 11) is 1.86. The van der Waals surface area contributed by atoms with Crippen molar-refractivity contribution in [2.24, 2.45) is 7.05 Å². The van der Waals surface area contributed by atoms with Gasteiger partial charge in [-0.25, -0.2) is 4.39 Å². The lowest BCUT2D eigenvalue weighted by atomic mass is 10.0. The first-order valence-electron chi connectivity index (χ1n) is 10.2. The summed E-state index contributed by atoms with van der Waals surface area (Å²) in [5.41, 5.74) is 3.97. The Bertz CT molecular complexity index is 1330. The van der Waals surface area contributed by atoms with Gasteiger partial charge in [0, 0.05) is 49.6 Å². The van der Waals surface area contributed by atoms with Crippen molar-refractivity contribution in [3.8, 4) is 0 Å². The topological polar surface area (TPSA) is 93.3 Å². The molecule has 162 valence electrons. The molecule has 0 unspecified atom stereocenters. The van der Waals surface area contributed by atoms with Crippen LogP contribution in [0.4, 0.5) is 4.39 Å². The van der Waals surface area contributed by atoms with Crippen molar-refractivity contribution in [3.63, 3.8) is 0 Å². The van der Waals surface area contributed by atoms with Crippen LogP contribution >= 0.6 is 0 Å². The third kappa shape index (κ3) is 3.51. The molecule has 4 heterocycles. The predicted molar refractivity (Wildman–Crippen MR) is 113 cm³/mol. The van der Waals surface area contributed by atoms with Gasteiger partial charge in [0.1, 0.15) is 17.1 Å². The molecule has 4 aromatic rings. The molecule has 0 fully saturated rings. The number of benzene rings is 1. The number of hydrogen-bond donors (Lipinski definition) is 1. The van der Waals surface area contributed by atoms with Gasteiger partial charge < -0.3 is 14.6 Å². The fourth-order valence-corrected chi connectivity index (χ4v) is 4.08. The zero-order chi connectivity index (χ0) is 22.2. The van der Waals surface area contributed by atoms with Crippen molar-refractivity contribution in [1.29, 1.82) is 0 Å². The molecule has 0 aliphatic carbocycles. The van der Waals surface area contributed by atoms with E-state index in [0.29, 0.717) is 41.7 Å². The van der Waals surface area contributed by atoms with Crippen LogP contribution in [0.15, 0.2) is 53.3 Å². The van der Waals surface area contributed by atoms with E-state index in [1.807, 2.05) is 7.05 Å². The molecule has 1 aromatic carbocycles. The van der Waals surface area contributed by atoms with E-state index in [9.17, 15) is 14.0 Å². The number of pyridine rings is 1. The van der Waals surface area contributed by atoms with Crippen LogP contribution in [0.2, 0.25) is 0 Å². The molecule has 9 heteroatoms. The van der Waals surface area contributed by atoms with Gasteiger partial charge in [-0.1, -0.05) is 0 Å². The Balaban J connectivity index is 1.34. The zero-order valence-corrected chi connectivity index (χ0v) is 17.3. The summed E-state index contributed by atoms with van der Waals surface area (Å²) in [4.78, 5) is 31.5. The third-order valence-corrected chi connectivity index (χ3v) is 5.72. The van der Waals surface area contributed by atoms with Crippen molar-refractivity contribution in [3.05, 3.63) is 82.9 Å². The number of halogens is 1. The van der Waals surface area contributed by atoms with E-state index in [0.717, 1.165) is 11.3 Å². The zero-order valence-electron chi connectivity index (χ0n) is 17.3. The predicted octanol–water partition coefficient (Wildman–Crippen LogP) is 2.83.